The van der Waals surface area contributed by atoms with Crippen LogP contribution in [0.5, 0.6) is 0 Å². The summed E-state index contributed by atoms with van der Waals surface area (Å²) in [4.78, 5) is 14.9. The van der Waals surface area contributed by atoms with E-state index in [-0.39, 0.29) is 14.7 Å². The number of amides is 1. The summed E-state index contributed by atoms with van der Waals surface area (Å²) in [6, 6.07) is 0. The molecule has 0 saturated carbocycles. The highest BCUT2D eigenvalue weighted by Crippen LogP contribution is 2.34. The molecule has 0 bridgehead atoms. The molecule has 0 aromatic heterocycles. The van der Waals surface area contributed by atoms with Crippen LogP contribution >= 0.6 is 22.6 Å². The molecule has 0 rings (SSSR count). The van der Waals surface area contributed by atoms with Crippen molar-refractivity contribution in [3.63, 3.8) is 0 Å². The number of alkyl halides is 1. The van der Waals surface area contributed by atoms with Crippen molar-refractivity contribution in [2.24, 2.45) is 17.3 Å². The van der Waals surface area contributed by atoms with E-state index in [1.165, 1.54) is 5.57 Å². The summed E-state index contributed by atoms with van der Waals surface area (Å²) in [5, 5.41) is 0. The van der Waals surface area contributed by atoms with Gasteiger partial charge in [0, 0.05) is 21.9 Å². The largest absolute Gasteiger partial charge is 0.342 e. The first-order valence-corrected chi connectivity index (χ1v) is 9.97. The first-order valence-electron chi connectivity index (χ1n) is 8.89. The normalized spacial score (nSPS) is 16.0. The molecular weight excluding hydrogens is 397 g/mol. The molecule has 2 nitrogen and oxygen atoms in total. The van der Waals surface area contributed by atoms with E-state index >= 15 is 0 Å². The van der Waals surface area contributed by atoms with E-state index < -0.39 is 0 Å². The van der Waals surface area contributed by atoms with E-state index in [0.717, 1.165) is 25.9 Å². The fourth-order valence-corrected chi connectivity index (χ4v) is 3.07. The number of hydrogen-bond donors (Lipinski definition) is 0. The van der Waals surface area contributed by atoms with Crippen LogP contribution in [0.1, 0.15) is 75.2 Å². The lowest BCUT2D eigenvalue weighted by Crippen LogP contribution is -2.46. The Balaban J connectivity index is 4.96. The molecule has 0 spiro atoms. The summed E-state index contributed by atoms with van der Waals surface area (Å²) in [6.45, 7) is 21.0. The number of carbonyl (C=O) groups excluding carboxylic acids is 1. The lowest BCUT2D eigenvalue weighted by Gasteiger charge is -2.37. The van der Waals surface area contributed by atoms with Crippen LogP contribution in [0.15, 0.2) is 11.6 Å². The van der Waals surface area contributed by atoms with Crippen LogP contribution in [0.2, 0.25) is 0 Å². The van der Waals surface area contributed by atoms with Crippen molar-refractivity contribution in [2.75, 3.05) is 13.1 Å². The highest BCUT2D eigenvalue weighted by Gasteiger charge is 2.33. The van der Waals surface area contributed by atoms with E-state index in [1.807, 2.05) is 20.8 Å². The Labute approximate surface area is 158 Å². The van der Waals surface area contributed by atoms with Gasteiger partial charge >= 0.3 is 0 Å². The molecule has 0 heterocycles. The Morgan fingerprint density at radius 2 is 1.61 bits per heavy atom. The molecular formula is C20H38INO. The average molecular weight is 435 g/mol. The number of carbonyl (C=O) groups is 1. The molecule has 0 aliphatic rings. The highest BCUT2D eigenvalue weighted by atomic mass is 127. The molecule has 0 aliphatic carbocycles. The van der Waals surface area contributed by atoms with Crippen molar-refractivity contribution >= 4 is 28.5 Å². The monoisotopic (exact) mass is 435 g/mol. The third kappa shape index (κ3) is 9.11. The lowest BCUT2D eigenvalue weighted by molar-refractivity contribution is -0.140. The second-order valence-corrected chi connectivity index (χ2v) is 11.3. The van der Waals surface area contributed by atoms with Gasteiger partial charge in [0.1, 0.15) is 0 Å². The second-order valence-electron chi connectivity index (χ2n) is 8.85. The van der Waals surface area contributed by atoms with E-state index in [0.29, 0.717) is 11.8 Å². The molecule has 0 aromatic carbocycles. The predicted octanol–water partition coefficient (Wildman–Crippen LogP) is 6.09. The Morgan fingerprint density at radius 1 is 1.09 bits per heavy atom. The van der Waals surface area contributed by atoms with Gasteiger partial charge in [0.25, 0.3) is 0 Å². The standard InChI is InChI=1S/C20H38INO/c1-15(2)11-10-12-20(9,21)17(5)14-22(13-16(3)4)18(23)19(6,7)8/h11,16-17H,10,12-14H2,1-9H3. The number of hydrogen-bond acceptors (Lipinski definition) is 1. The third-order valence-electron chi connectivity index (χ3n) is 4.22. The highest BCUT2D eigenvalue weighted by molar-refractivity contribution is 14.1. The van der Waals surface area contributed by atoms with Gasteiger partial charge in [-0.3, -0.25) is 4.79 Å². The van der Waals surface area contributed by atoms with E-state index in [4.69, 9.17) is 0 Å². The van der Waals surface area contributed by atoms with Crippen molar-refractivity contribution in [3.05, 3.63) is 11.6 Å². The van der Waals surface area contributed by atoms with Crippen LogP contribution in [-0.2, 0) is 4.79 Å². The van der Waals surface area contributed by atoms with Crippen LogP contribution in [0.3, 0.4) is 0 Å². The summed E-state index contributed by atoms with van der Waals surface area (Å²) in [5.74, 6) is 1.24. The molecule has 23 heavy (non-hydrogen) atoms. The van der Waals surface area contributed by atoms with Crippen molar-refractivity contribution in [2.45, 2.75) is 78.6 Å². The van der Waals surface area contributed by atoms with Crippen LogP contribution < -0.4 is 0 Å². The molecule has 0 saturated heterocycles. The van der Waals surface area contributed by atoms with Gasteiger partial charge in [0.2, 0.25) is 5.91 Å². The van der Waals surface area contributed by atoms with Crippen LogP contribution in [0.25, 0.3) is 0 Å². The minimum absolute atomic E-state index is 0.205. The summed E-state index contributed by atoms with van der Waals surface area (Å²) in [7, 11) is 0. The van der Waals surface area contributed by atoms with Gasteiger partial charge in [-0.05, 0) is 38.5 Å². The van der Waals surface area contributed by atoms with Crippen molar-refractivity contribution in [1.29, 1.82) is 0 Å². The molecule has 1 amide bonds. The topological polar surface area (TPSA) is 20.3 Å². The Bertz CT molecular complexity index is 400. The number of rotatable bonds is 8. The van der Waals surface area contributed by atoms with Gasteiger partial charge in [-0.1, -0.05) is 82.7 Å². The molecule has 0 radical (unpaired) electrons. The van der Waals surface area contributed by atoms with E-state index in [9.17, 15) is 4.79 Å². The van der Waals surface area contributed by atoms with E-state index in [2.05, 4.69) is 75.1 Å². The molecule has 0 N–H and O–H groups in total. The van der Waals surface area contributed by atoms with Gasteiger partial charge < -0.3 is 4.90 Å². The maximum absolute atomic E-state index is 12.8. The summed E-state index contributed by atoms with van der Waals surface area (Å²) in [6.07, 6.45) is 4.58. The fraction of sp³-hybridized carbons (Fsp3) is 0.850. The van der Waals surface area contributed by atoms with Gasteiger partial charge in [-0.15, -0.1) is 0 Å². The van der Waals surface area contributed by atoms with Crippen LogP contribution in [-0.4, -0.2) is 27.3 Å². The third-order valence-corrected chi connectivity index (χ3v) is 5.82. The molecule has 0 fully saturated rings. The fourth-order valence-electron chi connectivity index (χ4n) is 2.57. The average Bonchev–Trinajstić information content (AvgIpc) is 2.34. The first kappa shape index (κ1) is 22.9. The SMILES string of the molecule is CC(C)=CCCC(C)(I)C(C)CN(CC(C)C)C(=O)C(C)(C)C. The van der Waals surface area contributed by atoms with Gasteiger partial charge in [0.15, 0.2) is 0 Å². The Hall–Kier alpha value is -0.0600. The maximum Gasteiger partial charge on any atom is 0.227 e. The van der Waals surface area contributed by atoms with Crippen LogP contribution in [0.4, 0.5) is 0 Å². The molecule has 3 heteroatoms. The minimum Gasteiger partial charge on any atom is -0.342 e. The number of halogens is 1. The molecule has 136 valence electrons. The molecule has 0 aromatic rings. The van der Waals surface area contributed by atoms with Gasteiger partial charge in [-0.2, -0.15) is 0 Å². The zero-order valence-electron chi connectivity index (χ0n) is 16.8. The molecule has 2 atom stereocenters. The van der Waals surface area contributed by atoms with Crippen molar-refractivity contribution < 1.29 is 4.79 Å². The zero-order valence-corrected chi connectivity index (χ0v) is 19.0. The van der Waals surface area contributed by atoms with Gasteiger partial charge in [0.05, 0.1) is 0 Å². The number of nitrogens with zero attached hydrogens (tertiary/aromatic N) is 1. The van der Waals surface area contributed by atoms with Gasteiger partial charge in [-0.25, -0.2) is 0 Å². The summed E-state index contributed by atoms with van der Waals surface area (Å²) >= 11 is 2.59. The van der Waals surface area contributed by atoms with E-state index in [1.54, 1.807) is 0 Å². The predicted molar refractivity (Wildman–Crippen MR) is 111 cm³/mol. The molecule has 2 unspecified atom stereocenters. The quantitative estimate of drug-likeness (QED) is 0.257. The van der Waals surface area contributed by atoms with Crippen molar-refractivity contribution in [3.8, 4) is 0 Å². The smallest absolute Gasteiger partial charge is 0.227 e. The minimum atomic E-state index is -0.307. The zero-order chi connectivity index (χ0) is 18.4. The Morgan fingerprint density at radius 3 is 2.00 bits per heavy atom. The summed E-state index contributed by atoms with van der Waals surface area (Å²) in [5.41, 5.74) is 1.08. The summed E-state index contributed by atoms with van der Waals surface area (Å²) < 4.78 is 0.205. The second kappa shape index (κ2) is 9.43. The Kier molecular flexibility index (Phi) is 9.41. The maximum atomic E-state index is 12.8. The number of allylic oxidation sites excluding steroid dienone is 2. The lowest BCUT2D eigenvalue weighted by atomic mass is 9.88. The van der Waals surface area contributed by atoms with Crippen LogP contribution in [0, 0.1) is 17.3 Å². The first-order chi connectivity index (χ1) is 10.3. The molecule has 0 aliphatic heterocycles. The van der Waals surface area contributed by atoms with Crippen molar-refractivity contribution in [1.82, 2.24) is 4.90 Å².